The number of carbonyl (C=O) groups is 3. The van der Waals surface area contributed by atoms with E-state index < -0.39 is 28.8 Å². The molecule has 0 bridgehead atoms. The maximum absolute atomic E-state index is 13.1. The monoisotopic (exact) mass is 440 g/mol. The van der Waals surface area contributed by atoms with Gasteiger partial charge in [-0.1, -0.05) is 25.5 Å². The third kappa shape index (κ3) is 6.21. The minimum Gasteiger partial charge on any atom is -0.481 e. The number of ether oxygens (including phenoxy) is 2. The number of nitrogens with one attached hydrogen (secondary N) is 1. The summed E-state index contributed by atoms with van der Waals surface area (Å²) in [5, 5.41) is 12.8. The van der Waals surface area contributed by atoms with Crippen molar-refractivity contribution in [3.8, 4) is 0 Å². The summed E-state index contributed by atoms with van der Waals surface area (Å²) in [6.07, 6.45) is 4.67. The molecule has 8 nitrogen and oxygen atoms in total. The first-order valence-electron chi connectivity index (χ1n) is 11.0. The van der Waals surface area contributed by atoms with Gasteiger partial charge >= 0.3 is 12.1 Å². The highest BCUT2D eigenvalue weighted by molar-refractivity contribution is 5.75. The zero-order valence-corrected chi connectivity index (χ0v) is 20.3. The maximum atomic E-state index is 13.1. The highest BCUT2D eigenvalue weighted by atomic mass is 16.6. The predicted octanol–water partition coefficient (Wildman–Crippen LogP) is 3.74. The Bertz CT molecular complexity index is 686. The number of hydrogen-bond acceptors (Lipinski definition) is 5. The molecule has 31 heavy (non-hydrogen) atoms. The minimum absolute atomic E-state index is 0.182. The van der Waals surface area contributed by atoms with E-state index >= 15 is 0 Å². The van der Waals surface area contributed by atoms with E-state index in [1.54, 1.807) is 47.0 Å². The van der Waals surface area contributed by atoms with E-state index in [2.05, 4.69) is 5.32 Å². The van der Waals surface area contributed by atoms with Crippen LogP contribution in [0.1, 0.15) is 74.1 Å². The van der Waals surface area contributed by atoms with Gasteiger partial charge in [0.25, 0.3) is 0 Å². The second-order valence-corrected chi connectivity index (χ2v) is 9.46. The van der Waals surface area contributed by atoms with E-state index in [-0.39, 0.29) is 24.3 Å². The summed E-state index contributed by atoms with van der Waals surface area (Å²) in [5.41, 5.74) is -2.78. The molecular weight excluding hydrogens is 400 g/mol. The highest BCUT2D eigenvalue weighted by Gasteiger charge is 2.60. The standard InChI is InChI=1S/C23H40N2O6/c1-9-11-18(24-16(3)26)22(7,30-8)17-12-14-25(20(29)31-21(4,5)6)23(17,13-10-2)15-19(27)28/h10,13,17-18H,9,11-12,14-15H2,1-8H3,(H,24,26)(H,27,28)/b13-10-/t17-,18+,22?,23+/m1/s1. The summed E-state index contributed by atoms with van der Waals surface area (Å²) >= 11 is 0. The minimum atomic E-state index is -1.15. The molecule has 0 spiro atoms. The molecule has 1 saturated heterocycles. The van der Waals surface area contributed by atoms with Crippen LogP contribution in [0.2, 0.25) is 0 Å². The summed E-state index contributed by atoms with van der Waals surface area (Å²) < 4.78 is 11.7. The predicted molar refractivity (Wildman–Crippen MR) is 119 cm³/mol. The van der Waals surface area contributed by atoms with Crippen LogP contribution in [0, 0.1) is 5.92 Å². The number of carboxylic acids is 1. The van der Waals surface area contributed by atoms with E-state index in [0.717, 1.165) is 6.42 Å². The number of amides is 2. The van der Waals surface area contributed by atoms with E-state index in [1.165, 1.54) is 11.8 Å². The lowest BCUT2D eigenvalue weighted by atomic mass is 9.68. The van der Waals surface area contributed by atoms with Crippen LogP contribution in [0.15, 0.2) is 12.2 Å². The van der Waals surface area contributed by atoms with E-state index in [1.807, 2.05) is 13.8 Å². The Morgan fingerprint density at radius 3 is 2.32 bits per heavy atom. The number of aliphatic carboxylic acids is 1. The first-order chi connectivity index (χ1) is 14.3. The van der Waals surface area contributed by atoms with Gasteiger partial charge in [-0.2, -0.15) is 0 Å². The number of carboxylic acid groups (broad SMARTS) is 1. The second-order valence-electron chi connectivity index (χ2n) is 9.46. The second kappa shape index (κ2) is 10.5. The average Bonchev–Trinajstić information content (AvgIpc) is 2.97. The average molecular weight is 441 g/mol. The van der Waals surface area contributed by atoms with E-state index in [0.29, 0.717) is 19.4 Å². The fraction of sp³-hybridized carbons (Fsp3) is 0.783. The summed E-state index contributed by atoms with van der Waals surface area (Å²) in [6.45, 7) is 12.8. The van der Waals surface area contributed by atoms with Gasteiger partial charge in [0.05, 0.1) is 23.6 Å². The smallest absolute Gasteiger partial charge is 0.411 e. The molecule has 0 saturated carbocycles. The van der Waals surface area contributed by atoms with Gasteiger partial charge < -0.3 is 19.9 Å². The Morgan fingerprint density at radius 2 is 1.90 bits per heavy atom. The third-order valence-corrected chi connectivity index (χ3v) is 6.03. The Kier molecular flexibility index (Phi) is 9.11. The van der Waals surface area contributed by atoms with Crippen molar-refractivity contribution in [3.05, 3.63) is 12.2 Å². The number of likely N-dealkylation sites (tertiary alicyclic amines) is 1. The van der Waals surface area contributed by atoms with Crippen molar-refractivity contribution in [2.45, 2.75) is 96.9 Å². The molecular formula is C23H40N2O6. The van der Waals surface area contributed by atoms with Crippen LogP contribution in [0.5, 0.6) is 0 Å². The van der Waals surface area contributed by atoms with Gasteiger partial charge in [0.1, 0.15) is 5.60 Å². The van der Waals surface area contributed by atoms with Crippen LogP contribution in [-0.2, 0) is 19.1 Å². The fourth-order valence-corrected chi connectivity index (χ4v) is 4.84. The normalized spacial score (nSPS) is 24.6. The molecule has 178 valence electrons. The quantitative estimate of drug-likeness (QED) is 0.529. The van der Waals surface area contributed by atoms with Crippen molar-refractivity contribution in [2.75, 3.05) is 13.7 Å². The van der Waals surface area contributed by atoms with Gasteiger partial charge in [-0.25, -0.2) is 4.79 Å². The van der Waals surface area contributed by atoms with Gasteiger partial charge in [-0.05, 0) is 47.5 Å². The first kappa shape index (κ1) is 26.9. The topological polar surface area (TPSA) is 105 Å². The van der Waals surface area contributed by atoms with Gasteiger partial charge in [0.15, 0.2) is 0 Å². The number of nitrogens with zero attached hydrogens (tertiary/aromatic N) is 1. The molecule has 1 fully saturated rings. The molecule has 1 heterocycles. The van der Waals surface area contributed by atoms with Crippen LogP contribution >= 0.6 is 0 Å². The molecule has 2 amide bonds. The molecule has 0 aromatic rings. The SMILES string of the molecule is C/C=C\[C@]1(CC(=O)O)[C@@H](C(C)(OC)[C@H](CCC)NC(C)=O)CCN1C(=O)OC(C)(C)C. The van der Waals surface area contributed by atoms with Crippen molar-refractivity contribution < 1.29 is 29.0 Å². The number of hydrogen-bond donors (Lipinski definition) is 2. The number of methoxy groups -OCH3 is 1. The molecule has 0 radical (unpaired) electrons. The van der Waals surface area contributed by atoms with Crippen LogP contribution in [0.3, 0.4) is 0 Å². The molecule has 1 rings (SSSR count). The Hall–Kier alpha value is -2.09. The summed E-state index contributed by atoms with van der Waals surface area (Å²) in [7, 11) is 1.57. The molecule has 0 aromatic carbocycles. The van der Waals surface area contributed by atoms with Gasteiger partial charge in [0, 0.05) is 26.5 Å². The lowest BCUT2D eigenvalue weighted by Crippen LogP contribution is -2.63. The van der Waals surface area contributed by atoms with E-state index in [9.17, 15) is 19.5 Å². The number of allylic oxidation sites excluding steroid dienone is 1. The lowest BCUT2D eigenvalue weighted by molar-refractivity contribution is -0.144. The van der Waals surface area contributed by atoms with Crippen molar-refractivity contribution in [1.82, 2.24) is 10.2 Å². The fourth-order valence-electron chi connectivity index (χ4n) is 4.84. The van der Waals surface area contributed by atoms with Gasteiger partial charge in [-0.3, -0.25) is 14.5 Å². The zero-order valence-electron chi connectivity index (χ0n) is 20.3. The Balaban J connectivity index is 3.61. The largest absolute Gasteiger partial charge is 0.481 e. The zero-order chi connectivity index (χ0) is 24.0. The van der Waals surface area contributed by atoms with E-state index in [4.69, 9.17) is 9.47 Å². The summed E-state index contributed by atoms with van der Waals surface area (Å²) in [6, 6.07) is -0.345. The maximum Gasteiger partial charge on any atom is 0.411 e. The van der Waals surface area contributed by atoms with Crippen molar-refractivity contribution >= 4 is 18.0 Å². The van der Waals surface area contributed by atoms with Crippen molar-refractivity contribution in [2.24, 2.45) is 5.92 Å². The molecule has 4 atom stereocenters. The van der Waals surface area contributed by atoms with Crippen LogP contribution < -0.4 is 5.32 Å². The van der Waals surface area contributed by atoms with Gasteiger partial charge in [0.2, 0.25) is 5.91 Å². The van der Waals surface area contributed by atoms with Crippen molar-refractivity contribution in [3.63, 3.8) is 0 Å². The molecule has 8 heteroatoms. The lowest BCUT2D eigenvalue weighted by Gasteiger charge is -2.49. The van der Waals surface area contributed by atoms with Crippen LogP contribution in [0.25, 0.3) is 0 Å². The molecule has 2 N–H and O–H groups in total. The summed E-state index contributed by atoms with van der Waals surface area (Å²) in [4.78, 5) is 38.6. The van der Waals surface area contributed by atoms with Crippen molar-refractivity contribution in [1.29, 1.82) is 0 Å². The third-order valence-electron chi connectivity index (χ3n) is 6.03. The molecule has 1 aliphatic rings. The molecule has 0 aliphatic carbocycles. The molecule has 1 unspecified atom stereocenters. The van der Waals surface area contributed by atoms with Gasteiger partial charge in [-0.15, -0.1) is 0 Å². The Labute approximate surface area is 186 Å². The number of carbonyl (C=O) groups excluding carboxylic acids is 2. The number of rotatable bonds is 9. The highest BCUT2D eigenvalue weighted by Crippen LogP contribution is 2.48. The molecule has 0 aromatic heterocycles. The first-order valence-corrected chi connectivity index (χ1v) is 11.0. The summed E-state index contributed by atoms with van der Waals surface area (Å²) in [5.74, 6) is -1.59. The Morgan fingerprint density at radius 1 is 1.29 bits per heavy atom. The van der Waals surface area contributed by atoms with Crippen LogP contribution in [0.4, 0.5) is 4.79 Å². The van der Waals surface area contributed by atoms with Crippen LogP contribution in [-0.4, -0.2) is 64.4 Å². The molecule has 1 aliphatic heterocycles.